The van der Waals surface area contributed by atoms with Gasteiger partial charge in [0, 0.05) is 2.85 Å². The number of para-hydroxylation sites is 2. The van der Waals surface area contributed by atoms with Gasteiger partial charge in [-0.3, -0.25) is 4.79 Å². The molecule has 0 fully saturated rings. The molecule has 1 aromatic heterocycles. The Balaban J connectivity index is 0.00000181. The molecule has 1 amide bonds. The lowest BCUT2D eigenvalue weighted by atomic mass is 10.1. The summed E-state index contributed by atoms with van der Waals surface area (Å²) in [5.74, 6) is 1.18. The Bertz CT molecular complexity index is 1070. The SMILES string of the molecule is COc1ccc(C(=O)Nc2cccc(C3Nc4ccccc4N3)n2)c(OC)c1OC.[HH].[HH]. The van der Waals surface area contributed by atoms with Gasteiger partial charge in [-0.05, 0) is 36.4 Å². The van der Waals surface area contributed by atoms with Crippen molar-refractivity contribution in [2.45, 2.75) is 6.17 Å². The highest BCUT2D eigenvalue weighted by molar-refractivity contribution is 6.06. The minimum absolute atomic E-state index is 0. The van der Waals surface area contributed by atoms with Crippen molar-refractivity contribution in [3.63, 3.8) is 0 Å². The molecule has 0 radical (unpaired) electrons. The van der Waals surface area contributed by atoms with Gasteiger partial charge in [-0.2, -0.15) is 0 Å². The second kappa shape index (κ2) is 8.20. The van der Waals surface area contributed by atoms with Crippen molar-refractivity contribution in [2.24, 2.45) is 0 Å². The largest absolute Gasteiger partial charge is 0.493 e. The number of rotatable bonds is 6. The van der Waals surface area contributed by atoms with Crippen LogP contribution >= 0.6 is 0 Å². The van der Waals surface area contributed by atoms with E-state index in [9.17, 15) is 4.79 Å². The fourth-order valence-corrected chi connectivity index (χ4v) is 3.38. The molecule has 1 aliphatic heterocycles. The molecule has 3 N–H and O–H groups in total. The van der Waals surface area contributed by atoms with Crippen molar-refractivity contribution >= 4 is 23.1 Å². The summed E-state index contributed by atoms with van der Waals surface area (Å²) < 4.78 is 16.0. The number of carbonyl (C=O) groups is 1. The van der Waals surface area contributed by atoms with Gasteiger partial charge in [-0.25, -0.2) is 4.98 Å². The molecule has 0 saturated carbocycles. The van der Waals surface area contributed by atoms with Crippen LogP contribution in [0.25, 0.3) is 0 Å². The zero-order chi connectivity index (χ0) is 21.1. The van der Waals surface area contributed by atoms with Crippen molar-refractivity contribution in [1.29, 1.82) is 0 Å². The van der Waals surface area contributed by atoms with Gasteiger partial charge in [0.05, 0.1) is 44.0 Å². The van der Waals surface area contributed by atoms with Gasteiger partial charge in [0.25, 0.3) is 5.91 Å². The number of fused-ring (bicyclic) bond motifs is 1. The van der Waals surface area contributed by atoms with E-state index >= 15 is 0 Å². The monoisotopic (exact) mass is 410 g/mol. The highest BCUT2D eigenvalue weighted by Crippen LogP contribution is 2.40. The smallest absolute Gasteiger partial charge is 0.260 e. The Morgan fingerprint density at radius 2 is 1.60 bits per heavy atom. The molecule has 3 aromatic rings. The molecule has 30 heavy (non-hydrogen) atoms. The molecule has 4 rings (SSSR count). The van der Waals surface area contributed by atoms with Gasteiger partial charge < -0.3 is 30.2 Å². The fraction of sp³-hybridized carbons (Fsp3) is 0.182. The average molecular weight is 410 g/mol. The first-order valence-corrected chi connectivity index (χ1v) is 9.34. The second-order valence-corrected chi connectivity index (χ2v) is 6.55. The molecule has 0 atom stereocenters. The summed E-state index contributed by atoms with van der Waals surface area (Å²) in [5.41, 5.74) is 3.08. The summed E-state index contributed by atoms with van der Waals surface area (Å²) in [6.45, 7) is 0. The number of hydrogen-bond acceptors (Lipinski definition) is 7. The number of nitrogens with one attached hydrogen (secondary N) is 3. The zero-order valence-corrected chi connectivity index (χ0v) is 16.9. The van der Waals surface area contributed by atoms with Crippen LogP contribution in [0.1, 0.15) is 25.1 Å². The van der Waals surface area contributed by atoms with Gasteiger partial charge in [-0.1, -0.05) is 18.2 Å². The van der Waals surface area contributed by atoms with E-state index in [0.29, 0.717) is 28.6 Å². The molecule has 0 spiro atoms. The maximum absolute atomic E-state index is 12.9. The second-order valence-electron chi connectivity index (χ2n) is 6.55. The molecule has 2 heterocycles. The van der Waals surface area contributed by atoms with E-state index in [1.165, 1.54) is 21.3 Å². The lowest BCUT2D eigenvalue weighted by molar-refractivity contribution is 0.102. The van der Waals surface area contributed by atoms with Gasteiger partial charge in [0.1, 0.15) is 12.0 Å². The molecule has 158 valence electrons. The Hall–Kier alpha value is -3.94. The summed E-state index contributed by atoms with van der Waals surface area (Å²) in [6.07, 6.45) is -0.185. The van der Waals surface area contributed by atoms with E-state index in [-0.39, 0.29) is 14.9 Å². The molecule has 8 nitrogen and oxygen atoms in total. The lowest BCUT2D eigenvalue weighted by Gasteiger charge is -2.16. The Morgan fingerprint density at radius 3 is 2.23 bits per heavy atom. The molecule has 2 aromatic carbocycles. The summed E-state index contributed by atoms with van der Waals surface area (Å²) in [7, 11) is 4.49. The molecular weight excluding hydrogens is 384 g/mol. The van der Waals surface area contributed by atoms with Crippen LogP contribution in [0.2, 0.25) is 0 Å². The predicted octanol–water partition coefficient (Wildman–Crippen LogP) is 4.39. The molecule has 1 aliphatic rings. The maximum Gasteiger partial charge on any atom is 0.260 e. The first-order valence-electron chi connectivity index (χ1n) is 9.34. The van der Waals surface area contributed by atoms with Crippen LogP contribution in [0, 0.1) is 0 Å². The summed E-state index contributed by atoms with van der Waals surface area (Å²) in [6, 6.07) is 16.7. The van der Waals surface area contributed by atoms with E-state index in [1.807, 2.05) is 36.4 Å². The Kier molecular flexibility index (Phi) is 5.30. The number of methoxy groups -OCH3 is 3. The first kappa shape index (κ1) is 19.4. The van der Waals surface area contributed by atoms with Gasteiger partial charge in [0.15, 0.2) is 11.5 Å². The highest BCUT2D eigenvalue weighted by Gasteiger charge is 2.23. The van der Waals surface area contributed by atoms with Crippen LogP contribution in [0.5, 0.6) is 17.2 Å². The number of benzene rings is 2. The molecular formula is C22H26N4O4. The summed E-state index contributed by atoms with van der Waals surface area (Å²) in [5, 5.41) is 9.57. The number of amides is 1. The summed E-state index contributed by atoms with van der Waals surface area (Å²) in [4.78, 5) is 17.5. The zero-order valence-electron chi connectivity index (χ0n) is 16.9. The van der Waals surface area contributed by atoms with Crippen molar-refractivity contribution in [2.75, 3.05) is 37.3 Å². The van der Waals surface area contributed by atoms with E-state index < -0.39 is 0 Å². The van der Waals surface area contributed by atoms with Gasteiger partial charge in [-0.15, -0.1) is 0 Å². The third kappa shape index (κ3) is 3.55. The topological polar surface area (TPSA) is 93.7 Å². The van der Waals surface area contributed by atoms with Crippen molar-refractivity contribution in [1.82, 2.24) is 4.98 Å². The van der Waals surface area contributed by atoms with Crippen molar-refractivity contribution in [3.05, 3.63) is 65.9 Å². The highest BCUT2D eigenvalue weighted by atomic mass is 16.5. The van der Waals surface area contributed by atoms with Crippen molar-refractivity contribution in [3.8, 4) is 17.2 Å². The van der Waals surface area contributed by atoms with E-state index in [1.54, 1.807) is 18.2 Å². The van der Waals surface area contributed by atoms with Crippen molar-refractivity contribution < 1.29 is 21.9 Å². The minimum atomic E-state index is -0.368. The molecule has 0 unspecified atom stereocenters. The standard InChI is InChI=1S/C22H22N4O4.2H2/c1-28-17-12-11-13(19(29-2)20(17)30-3)22(27)26-18-10-6-9-16(23-18)21-24-14-7-4-5-8-15(14)25-21;;/h4-12,21,24-25H,1-3H3,(H,23,26,27);2*1H. The number of nitrogens with zero attached hydrogens (tertiary/aromatic N) is 1. The van der Waals surface area contributed by atoms with Crippen LogP contribution in [0.4, 0.5) is 17.2 Å². The molecule has 8 heteroatoms. The van der Waals surface area contributed by atoms with Crippen LogP contribution in [0.15, 0.2) is 54.6 Å². The minimum Gasteiger partial charge on any atom is -0.493 e. The van der Waals surface area contributed by atoms with Gasteiger partial charge >= 0.3 is 0 Å². The number of carbonyl (C=O) groups excluding carboxylic acids is 1. The molecule has 0 bridgehead atoms. The van der Waals surface area contributed by atoms with Crippen LogP contribution in [0.3, 0.4) is 0 Å². The number of hydrogen-bond donors (Lipinski definition) is 3. The van der Waals surface area contributed by atoms with Crippen LogP contribution in [-0.2, 0) is 0 Å². The van der Waals surface area contributed by atoms with E-state index in [2.05, 4.69) is 20.9 Å². The van der Waals surface area contributed by atoms with Gasteiger partial charge in [0.2, 0.25) is 5.75 Å². The number of aromatic nitrogens is 1. The Morgan fingerprint density at radius 1 is 0.900 bits per heavy atom. The Labute approximate surface area is 177 Å². The average Bonchev–Trinajstić information content (AvgIpc) is 3.22. The maximum atomic E-state index is 12.9. The quantitative estimate of drug-likeness (QED) is 0.555. The number of ether oxygens (including phenoxy) is 3. The van der Waals surface area contributed by atoms with E-state index in [0.717, 1.165) is 17.1 Å². The van der Waals surface area contributed by atoms with E-state index in [4.69, 9.17) is 14.2 Å². The first-order chi connectivity index (χ1) is 14.6. The predicted molar refractivity (Wildman–Crippen MR) is 119 cm³/mol. The molecule has 0 aliphatic carbocycles. The van der Waals surface area contributed by atoms with Crippen LogP contribution < -0.4 is 30.2 Å². The third-order valence-corrected chi connectivity index (χ3v) is 4.78. The lowest BCUT2D eigenvalue weighted by Crippen LogP contribution is -2.17. The number of anilines is 3. The normalized spacial score (nSPS) is 12.4. The fourth-order valence-electron chi connectivity index (χ4n) is 3.38. The van der Waals surface area contributed by atoms with Crippen LogP contribution in [-0.4, -0.2) is 32.2 Å². The summed E-state index contributed by atoms with van der Waals surface area (Å²) >= 11 is 0. The molecule has 0 saturated heterocycles. The third-order valence-electron chi connectivity index (χ3n) is 4.78. The number of pyridine rings is 1.